The van der Waals surface area contributed by atoms with Crippen molar-refractivity contribution in [2.75, 3.05) is 11.9 Å². The van der Waals surface area contributed by atoms with Gasteiger partial charge in [-0.2, -0.15) is 5.10 Å². The predicted octanol–water partition coefficient (Wildman–Crippen LogP) is 1.71. The number of carbonyl (C=O) groups excluding carboxylic acids is 2. The van der Waals surface area contributed by atoms with Crippen LogP contribution in [0.1, 0.15) is 28.2 Å². The Hall–Kier alpha value is -3.69. The maximum absolute atomic E-state index is 14.3. The molecule has 154 valence electrons. The highest BCUT2D eigenvalue weighted by Gasteiger charge is 2.32. The molecule has 1 N–H and O–H groups in total. The fourth-order valence-corrected chi connectivity index (χ4v) is 3.35. The minimum atomic E-state index is -0.880. The molecule has 4 rings (SSSR count). The minimum Gasteiger partial charge on any atom is -0.339 e. The van der Waals surface area contributed by atoms with Crippen LogP contribution in [0.25, 0.3) is 0 Å². The second kappa shape index (κ2) is 7.97. The van der Waals surface area contributed by atoms with Gasteiger partial charge in [0.2, 0.25) is 0 Å². The first-order valence-electron chi connectivity index (χ1n) is 9.28. The Bertz CT molecular complexity index is 1120. The standard InChI is InChI=1S/C20H18F2N6O2/c1-27-18-15(23-8-9-24-18)6-7-16(20(27)30)25-19(29)17-14(22)11-28(26-17)10-12-4-2-3-5-13(12)21/h2-5,8-9,11,16H,6-7,10H2,1H3,(H,25,29)/t16-/m1/s1. The Balaban J connectivity index is 1.50. The number of benzene rings is 1. The SMILES string of the molecule is CN1C(=O)[C@H](NC(=O)c2nn(Cc3ccccc3F)cc2F)CCc2nccnc21. The number of anilines is 1. The molecule has 2 aromatic heterocycles. The van der Waals surface area contributed by atoms with Crippen LogP contribution in [0.2, 0.25) is 0 Å². The van der Waals surface area contributed by atoms with E-state index in [2.05, 4.69) is 20.4 Å². The summed E-state index contributed by atoms with van der Waals surface area (Å²) in [6.45, 7) is -0.0331. The van der Waals surface area contributed by atoms with E-state index in [4.69, 9.17) is 0 Å². The second-order valence-electron chi connectivity index (χ2n) is 6.90. The van der Waals surface area contributed by atoms with E-state index in [1.165, 1.54) is 23.4 Å². The van der Waals surface area contributed by atoms with Gasteiger partial charge in [-0.25, -0.2) is 13.8 Å². The number of hydrogen-bond donors (Lipinski definition) is 1. The monoisotopic (exact) mass is 412 g/mol. The molecule has 3 heterocycles. The molecule has 3 aromatic rings. The number of halogens is 2. The number of likely N-dealkylation sites (N-methyl/N-ethyl adjacent to an activating group) is 1. The van der Waals surface area contributed by atoms with Crippen molar-refractivity contribution in [1.82, 2.24) is 25.1 Å². The lowest BCUT2D eigenvalue weighted by Crippen LogP contribution is -2.47. The van der Waals surface area contributed by atoms with Crippen LogP contribution in [0.4, 0.5) is 14.6 Å². The molecular formula is C20H18F2N6O2. The first-order valence-corrected chi connectivity index (χ1v) is 9.28. The third-order valence-electron chi connectivity index (χ3n) is 4.90. The van der Waals surface area contributed by atoms with Crippen molar-refractivity contribution < 1.29 is 18.4 Å². The lowest BCUT2D eigenvalue weighted by atomic mass is 10.1. The molecule has 1 aliphatic rings. The molecule has 10 heteroatoms. The van der Waals surface area contributed by atoms with Crippen LogP contribution < -0.4 is 10.2 Å². The van der Waals surface area contributed by atoms with Gasteiger partial charge in [0.1, 0.15) is 11.9 Å². The molecule has 8 nitrogen and oxygen atoms in total. The number of hydrogen-bond acceptors (Lipinski definition) is 5. The predicted molar refractivity (Wildman–Crippen MR) is 103 cm³/mol. The van der Waals surface area contributed by atoms with Gasteiger partial charge in [-0.3, -0.25) is 24.2 Å². The Morgan fingerprint density at radius 1 is 1.20 bits per heavy atom. The van der Waals surface area contributed by atoms with Crippen LogP contribution in [0, 0.1) is 11.6 Å². The molecule has 0 spiro atoms. The Morgan fingerprint density at radius 2 is 1.97 bits per heavy atom. The first-order chi connectivity index (χ1) is 14.4. The van der Waals surface area contributed by atoms with E-state index in [9.17, 15) is 18.4 Å². The van der Waals surface area contributed by atoms with E-state index in [0.29, 0.717) is 23.5 Å². The number of aryl methyl sites for hydroxylation is 1. The van der Waals surface area contributed by atoms with Crippen LogP contribution >= 0.6 is 0 Å². The summed E-state index contributed by atoms with van der Waals surface area (Å²) in [6.07, 6.45) is 4.76. The number of nitrogens with one attached hydrogen (secondary N) is 1. The largest absolute Gasteiger partial charge is 0.339 e. The highest BCUT2D eigenvalue weighted by atomic mass is 19.1. The molecule has 0 saturated heterocycles. The number of carbonyl (C=O) groups is 2. The molecule has 0 aliphatic carbocycles. The van der Waals surface area contributed by atoms with Crippen LogP contribution in [0.5, 0.6) is 0 Å². The van der Waals surface area contributed by atoms with Crippen molar-refractivity contribution in [3.8, 4) is 0 Å². The number of rotatable bonds is 4. The zero-order chi connectivity index (χ0) is 21.3. The quantitative estimate of drug-likeness (QED) is 0.704. The normalized spacial score (nSPS) is 16.2. The number of aromatic nitrogens is 4. The van der Waals surface area contributed by atoms with Gasteiger partial charge in [-0.15, -0.1) is 0 Å². The van der Waals surface area contributed by atoms with Gasteiger partial charge < -0.3 is 5.32 Å². The topological polar surface area (TPSA) is 93.0 Å². The van der Waals surface area contributed by atoms with Gasteiger partial charge in [-0.05, 0) is 18.9 Å². The lowest BCUT2D eigenvalue weighted by Gasteiger charge is -2.20. The fourth-order valence-electron chi connectivity index (χ4n) is 3.35. The molecule has 0 fully saturated rings. The summed E-state index contributed by atoms with van der Waals surface area (Å²) in [6, 6.07) is 5.16. The molecular weight excluding hydrogens is 394 g/mol. The minimum absolute atomic E-state index is 0.0331. The smallest absolute Gasteiger partial charge is 0.275 e. The first kappa shape index (κ1) is 19.6. The van der Waals surface area contributed by atoms with Crippen molar-refractivity contribution >= 4 is 17.6 Å². The molecule has 2 amide bonds. The molecule has 1 aromatic carbocycles. The number of nitrogens with zero attached hydrogens (tertiary/aromatic N) is 5. The van der Waals surface area contributed by atoms with Crippen molar-refractivity contribution in [2.24, 2.45) is 0 Å². The summed E-state index contributed by atoms with van der Waals surface area (Å²) >= 11 is 0. The summed E-state index contributed by atoms with van der Waals surface area (Å²) in [5, 5.41) is 6.48. The van der Waals surface area contributed by atoms with E-state index in [0.717, 1.165) is 10.9 Å². The Kier molecular flexibility index (Phi) is 5.21. The molecule has 0 bridgehead atoms. The third-order valence-corrected chi connectivity index (χ3v) is 4.90. The summed E-state index contributed by atoms with van der Waals surface area (Å²) < 4.78 is 29.3. The van der Waals surface area contributed by atoms with E-state index in [1.54, 1.807) is 25.2 Å². The highest BCUT2D eigenvalue weighted by Crippen LogP contribution is 2.21. The lowest BCUT2D eigenvalue weighted by molar-refractivity contribution is -0.120. The maximum atomic E-state index is 14.3. The van der Waals surface area contributed by atoms with Gasteiger partial charge in [-0.1, -0.05) is 18.2 Å². The number of fused-ring (bicyclic) bond motifs is 1. The molecule has 1 atom stereocenters. The van der Waals surface area contributed by atoms with Gasteiger partial charge in [0.25, 0.3) is 11.8 Å². The number of amides is 2. The average Bonchev–Trinajstić information content (AvgIpc) is 3.06. The summed E-state index contributed by atoms with van der Waals surface area (Å²) in [5.74, 6) is -2.08. The van der Waals surface area contributed by atoms with Crippen molar-refractivity contribution in [1.29, 1.82) is 0 Å². The Labute approximate surface area is 170 Å². The van der Waals surface area contributed by atoms with Crippen LogP contribution in [0.15, 0.2) is 42.9 Å². The molecule has 1 aliphatic heterocycles. The van der Waals surface area contributed by atoms with Crippen LogP contribution in [-0.2, 0) is 17.8 Å². The second-order valence-corrected chi connectivity index (χ2v) is 6.90. The van der Waals surface area contributed by atoms with Gasteiger partial charge in [0.05, 0.1) is 18.4 Å². The molecule has 0 unspecified atom stereocenters. The fraction of sp³-hybridized carbons (Fsp3) is 0.250. The molecule has 30 heavy (non-hydrogen) atoms. The maximum Gasteiger partial charge on any atom is 0.275 e. The zero-order valence-electron chi connectivity index (χ0n) is 16.0. The van der Waals surface area contributed by atoms with Gasteiger partial charge in [0, 0.05) is 25.0 Å². The van der Waals surface area contributed by atoms with Crippen molar-refractivity contribution in [2.45, 2.75) is 25.4 Å². The average molecular weight is 412 g/mol. The van der Waals surface area contributed by atoms with Crippen molar-refractivity contribution in [3.05, 3.63) is 71.4 Å². The summed E-state index contributed by atoms with van der Waals surface area (Å²) in [4.78, 5) is 35.0. The molecule has 0 radical (unpaired) electrons. The van der Waals surface area contributed by atoms with Crippen LogP contribution in [-0.4, -0.2) is 44.7 Å². The third kappa shape index (κ3) is 3.76. The van der Waals surface area contributed by atoms with E-state index in [1.807, 2.05) is 0 Å². The Morgan fingerprint density at radius 3 is 2.77 bits per heavy atom. The van der Waals surface area contributed by atoms with Gasteiger partial charge >= 0.3 is 0 Å². The summed E-state index contributed by atoms with van der Waals surface area (Å²) in [5.41, 5.74) is 0.496. The summed E-state index contributed by atoms with van der Waals surface area (Å²) in [7, 11) is 1.55. The van der Waals surface area contributed by atoms with E-state index >= 15 is 0 Å². The highest BCUT2D eigenvalue weighted by molar-refractivity contribution is 6.01. The zero-order valence-corrected chi connectivity index (χ0v) is 16.0. The molecule has 0 saturated carbocycles. The van der Waals surface area contributed by atoms with E-state index in [-0.39, 0.29) is 18.9 Å². The van der Waals surface area contributed by atoms with Crippen LogP contribution in [0.3, 0.4) is 0 Å². The van der Waals surface area contributed by atoms with Crippen molar-refractivity contribution in [3.63, 3.8) is 0 Å². The van der Waals surface area contributed by atoms with E-state index < -0.39 is 29.3 Å². The van der Waals surface area contributed by atoms with Gasteiger partial charge in [0.15, 0.2) is 17.3 Å².